The number of fused-ring (bicyclic) bond motifs is 5. The van der Waals surface area contributed by atoms with Gasteiger partial charge < -0.3 is 19.9 Å². The summed E-state index contributed by atoms with van der Waals surface area (Å²) in [4.78, 5) is 33.7. The summed E-state index contributed by atoms with van der Waals surface area (Å²) in [6.45, 7) is 7.60. The zero-order valence-electron chi connectivity index (χ0n) is 24.8. The highest BCUT2D eigenvalue weighted by Gasteiger charge is 2.49. The second-order valence-corrected chi connectivity index (χ2v) is 13.0. The van der Waals surface area contributed by atoms with Crippen LogP contribution in [0.1, 0.15) is 37.7 Å². The molecule has 1 aromatic carbocycles. The first kappa shape index (κ1) is 28.4. The number of hydrogen-bond acceptors (Lipinski definition) is 8. The molecule has 9 nitrogen and oxygen atoms in total. The number of anilines is 1. The summed E-state index contributed by atoms with van der Waals surface area (Å²) in [6, 6.07) is 5.74. The Bertz CT molecular complexity index is 1900. The van der Waals surface area contributed by atoms with Crippen LogP contribution in [0.4, 0.5) is 19.0 Å². The van der Waals surface area contributed by atoms with Crippen molar-refractivity contribution in [2.45, 2.75) is 49.9 Å². The van der Waals surface area contributed by atoms with Crippen molar-refractivity contribution in [2.24, 2.45) is 5.92 Å². The predicted molar refractivity (Wildman–Crippen MR) is 166 cm³/mol. The summed E-state index contributed by atoms with van der Waals surface area (Å²) >= 11 is 0. The Morgan fingerprint density at radius 2 is 2.02 bits per heavy atom. The summed E-state index contributed by atoms with van der Waals surface area (Å²) < 4.78 is 51.7. The van der Waals surface area contributed by atoms with Crippen LogP contribution in [0.2, 0.25) is 0 Å². The van der Waals surface area contributed by atoms with Gasteiger partial charge in [0.05, 0.1) is 16.6 Å². The van der Waals surface area contributed by atoms with Gasteiger partial charge in [-0.05, 0) is 62.2 Å². The molecule has 0 saturated carbocycles. The van der Waals surface area contributed by atoms with E-state index in [4.69, 9.17) is 9.72 Å². The van der Waals surface area contributed by atoms with Gasteiger partial charge in [0, 0.05) is 49.1 Å². The molecule has 4 aromatic rings. The maximum Gasteiger partial charge on any atom is 0.320 e. The van der Waals surface area contributed by atoms with Crippen molar-refractivity contribution in [3.63, 3.8) is 0 Å². The van der Waals surface area contributed by atoms with Crippen LogP contribution in [0.3, 0.4) is 0 Å². The number of alkyl halides is 1. The van der Waals surface area contributed by atoms with Gasteiger partial charge in [0.15, 0.2) is 11.5 Å². The van der Waals surface area contributed by atoms with Crippen molar-refractivity contribution in [1.29, 1.82) is 0 Å². The minimum Gasteiger partial charge on any atom is -0.461 e. The minimum atomic E-state index is -0.901. The molecule has 0 aliphatic carbocycles. The smallest absolute Gasteiger partial charge is 0.320 e. The van der Waals surface area contributed by atoms with Crippen molar-refractivity contribution in [3.8, 4) is 17.4 Å². The fourth-order valence-electron chi connectivity index (χ4n) is 8.02. The van der Waals surface area contributed by atoms with Crippen LogP contribution in [0, 0.1) is 17.6 Å². The van der Waals surface area contributed by atoms with Gasteiger partial charge in [0.1, 0.15) is 30.1 Å². The van der Waals surface area contributed by atoms with Gasteiger partial charge in [-0.1, -0.05) is 18.7 Å². The molecule has 4 atom stereocenters. The molecule has 3 unspecified atom stereocenters. The number of H-pyrrole nitrogens is 1. The molecule has 45 heavy (non-hydrogen) atoms. The number of aromatic amines is 1. The van der Waals surface area contributed by atoms with Gasteiger partial charge in [-0.15, -0.1) is 0 Å². The van der Waals surface area contributed by atoms with E-state index in [1.54, 1.807) is 0 Å². The number of pyridine rings is 2. The minimum absolute atomic E-state index is 0.0330. The summed E-state index contributed by atoms with van der Waals surface area (Å²) in [6.07, 6.45) is 4.67. The Hall–Kier alpha value is -4.03. The largest absolute Gasteiger partial charge is 0.461 e. The van der Waals surface area contributed by atoms with Gasteiger partial charge in [-0.3, -0.25) is 9.69 Å². The van der Waals surface area contributed by atoms with Gasteiger partial charge in [-0.2, -0.15) is 9.97 Å². The molecule has 3 aromatic heterocycles. The molecule has 2 bridgehead atoms. The van der Waals surface area contributed by atoms with Crippen LogP contribution in [0.5, 0.6) is 6.01 Å². The second kappa shape index (κ2) is 10.8. The van der Waals surface area contributed by atoms with Crippen molar-refractivity contribution < 1.29 is 17.9 Å². The molecule has 8 rings (SSSR count). The fourth-order valence-corrected chi connectivity index (χ4v) is 8.02. The van der Waals surface area contributed by atoms with Gasteiger partial charge in [0.25, 0.3) is 0 Å². The first-order valence-electron chi connectivity index (χ1n) is 15.7. The number of halogens is 3. The number of nitrogens with zero attached hydrogens (tertiary/aromatic N) is 5. The van der Waals surface area contributed by atoms with E-state index in [0.717, 1.165) is 45.3 Å². The Morgan fingerprint density at radius 1 is 1.13 bits per heavy atom. The Kier molecular flexibility index (Phi) is 6.83. The van der Waals surface area contributed by atoms with Gasteiger partial charge in [0.2, 0.25) is 5.56 Å². The Balaban J connectivity index is 1.27. The van der Waals surface area contributed by atoms with E-state index < -0.39 is 28.9 Å². The molecule has 0 radical (unpaired) electrons. The Labute approximate surface area is 257 Å². The second-order valence-electron chi connectivity index (χ2n) is 13.0. The standard InChI is InChI=1S/C33H34F3N7O2/c1-2-22-24(35)5-4-19-11-26(44)38-29(27(19)22)28-25(36)12-23-30(39-28)40-32(45-17-33-7-3-8-43(33)15-20(34)13-33)41-31(23)42-9-6-18-10-21(16-42)37-14-18/h2,4-5,11-12,18,20-21,37H,1,3,6-10,13-17H2,(H,38,44)/t18?,20?,21?,33-/m0/s1. The lowest BCUT2D eigenvalue weighted by atomic mass is 9.95. The summed E-state index contributed by atoms with van der Waals surface area (Å²) in [5, 5.41) is 4.69. The van der Waals surface area contributed by atoms with Gasteiger partial charge >= 0.3 is 6.01 Å². The molecule has 234 valence electrons. The number of nitrogens with one attached hydrogen (secondary N) is 2. The topological polar surface area (TPSA) is 99.3 Å². The van der Waals surface area contributed by atoms with E-state index in [1.807, 2.05) is 0 Å². The van der Waals surface area contributed by atoms with E-state index in [2.05, 4.69) is 36.6 Å². The van der Waals surface area contributed by atoms with E-state index in [1.165, 1.54) is 30.3 Å². The van der Waals surface area contributed by atoms with Crippen LogP contribution in [0.15, 0.2) is 35.6 Å². The molecule has 0 amide bonds. The van der Waals surface area contributed by atoms with E-state index in [0.29, 0.717) is 42.0 Å². The van der Waals surface area contributed by atoms with Crippen LogP contribution in [-0.4, -0.2) is 81.9 Å². The highest BCUT2D eigenvalue weighted by atomic mass is 19.1. The maximum atomic E-state index is 16.2. The predicted octanol–water partition coefficient (Wildman–Crippen LogP) is 4.60. The molecule has 12 heteroatoms. The quantitative estimate of drug-likeness (QED) is 0.324. The zero-order valence-corrected chi connectivity index (χ0v) is 24.8. The van der Waals surface area contributed by atoms with Crippen molar-refractivity contribution in [2.75, 3.05) is 44.2 Å². The SMILES string of the molecule is C=Cc1c(F)ccc2cc(=O)[nH]c(-c3nc4nc(OC[C@@]56CCCN5CC(F)C6)nc(N5CCC6CNC(C6)C5)c4cc3F)c12. The summed E-state index contributed by atoms with van der Waals surface area (Å²) in [7, 11) is 0. The Morgan fingerprint density at radius 3 is 2.89 bits per heavy atom. The van der Waals surface area contributed by atoms with E-state index in [-0.39, 0.29) is 46.6 Å². The van der Waals surface area contributed by atoms with Crippen molar-refractivity contribution in [3.05, 3.63) is 58.4 Å². The monoisotopic (exact) mass is 617 g/mol. The van der Waals surface area contributed by atoms with Crippen LogP contribution in [0.25, 0.3) is 39.3 Å². The van der Waals surface area contributed by atoms with Crippen molar-refractivity contribution >= 4 is 33.7 Å². The van der Waals surface area contributed by atoms with Crippen LogP contribution in [-0.2, 0) is 0 Å². The third-order valence-electron chi connectivity index (χ3n) is 10.1. The van der Waals surface area contributed by atoms with Crippen LogP contribution < -0.4 is 20.5 Å². The number of benzene rings is 1. The first-order valence-corrected chi connectivity index (χ1v) is 15.7. The molecular weight excluding hydrogens is 583 g/mol. The number of rotatable bonds is 6. The highest BCUT2D eigenvalue weighted by molar-refractivity contribution is 6.01. The number of hydrogen-bond donors (Lipinski definition) is 2. The summed E-state index contributed by atoms with van der Waals surface area (Å²) in [5.74, 6) is -0.184. The zero-order chi connectivity index (χ0) is 30.9. The van der Waals surface area contributed by atoms with Crippen LogP contribution >= 0.6 is 0 Å². The molecule has 4 aliphatic heterocycles. The normalized spacial score (nSPS) is 26.5. The molecular formula is C33H34F3N7O2. The number of aromatic nitrogens is 4. The number of ether oxygens (including phenoxy) is 1. The average Bonchev–Trinajstić information content (AvgIpc) is 3.66. The lowest BCUT2D eigenvalue weighted by Gasteiger charge is -2.31. The summed E-state index contributed by atoms with van der Waals surface area (Å²) in [5.41, 5.74) is -0.726. The molecule has 0 spiro atoms. The molecule has 2 N–H and O–H groups in total. The maximum absolute atomic E-state index is 16.2. The fraction of sp³-hybridized carbons (Fsp3) is 0.455. The lowest BCUT2D eigenvalue weighted by molar-refractivity contribution is 0.107. The third-order valence-corrected chi connectivity index (χ3v) is 10.1. The van der Waals surface area contributed by atoms with Gasteiger partial charge in [-0.25, -0.2) is 18.2 Å². The first-order chi connectivity index (χ1) is 21.8. The van der Waals surface area contributed by atoms with E-state index >= 15 is 4.39 Å². The molecule has 4 aliphatic rings. The lowest BCUT2D eigenvalue weighted by Crippen LogP contribution is -2.43. The van der Waals surface area contributed by atoms with E-state index in [9.17, 15) is 13.6 Å². The molecule has 4 saturated heterocycles. The highest BCUT2D eigenvalue weighted by Crippen LogP contribution is 2.41. The average molecular weight is 618 g/mol. The van der Waals surface area contributed by atoms with Crippen molar-refractivity contribution in [1.82, 2.24) is 30.2 Å². The third kappa shape index (κ3) is 4.85. The molecule has 7 heterocycles. The molecule has 4 fully saturated rings.